The molecule has 0 bridgehead atoms. The van der Waals surface area contributed by atoms with E-state index < -0.39 is 24.0 Å². The Balaban J connectivity index is 2.12. The highest BCUT2D eigenvalue weighted by molar-refractivity contribution is 5.90. The monoisotopic (exact) mass is 272 g/mol. The minimum atomic E-state index is -1.18. The number of carboxylic acid groups (broad SMARTS) is 1. The number of aliphatic carboxylic acids is 1. The minimum absolute atomic E-state index is 0.616. The summed E-state index contributed by atoms with van der Waals surface area (Å²) in [5.74, 6) is 4.14. The molecule has 4 nitrogen and oxygen atoms in total. The van der Waals surface area contributed by atoms with E-state index >= 15 is 0 Å². The molecule has 0 radical (unpaired) electrons. The second-order valence-corrected chi connectivity index (χ2v) is 4.86. The van der Waals surface area contributed by atoms with Crippen molar-refractivity contribution >= 4 is 11.9 Å². The van der Waals surface area contributed by atoms with Crippen LogP contribution in [0.2, 0.25) is 0 Å². The summed E-state index contributed by atoms with van der Waals surface area (Å²) in [6.45, 7) is 0. The van der Waals surface area contributed by atoms with Crippen LogP contribution in [0.4, 0.5) is 0 Å². The fraction of sp³-hybridized carbons (Fsp3) is 0.375. The van der Waals surface area contributed by atoms with Gasteiger partial charge in [0.15, 0.2) is 5.60 Å². The number of carboxylic acids is 1. The van der Waals surface area contributed by atoms with Gasteiger partial charge in [-0.2, -0.15) is 0 Å². The number of hydrogen-bond acceptors (Lipinski definition) is 3. The maximum atomic E-state index is 11.6. The first-order chi connectivity index (χ1) is 9.60. The van der Waals surface area contributed by atoms with Crippen LogP contribution in [-0.2, 0) is 14.3 Å². The Kier molecular flexibility index (Phi) is 4.41. The van der Waals surface area contributed by atoms with Crippen molar-refractivity contribution in [2.75, 3.05) is 0 Å². The van der Waals surface area contributed by atoms with Crippen LogP contribution >= 0.6 is 0 Å². The molecule has 0 unspecified atom stereocenters. The Hall–Kier alpha value is -2.28. The van der Waals surface area contributed by atoms with E-state index in [-0.39, 0.29) is 0 Å². The Morgan fingerprint density at radius 1 is 1.20 bits per heavy atom. The van der Waals surface area contributed by atoms with Gasteiger partial charge >= 0.3 is 11.9 Å². The lowest BCUT2D eigenvalue weighted by molar-refractivity contribution is -0.158. The molecule has 20 heavy (non-hydrogen) atoms. The first-order valence-electron chi connectivity index (χ1n) is 6.62. The largest absolute Gasteiger partial charge is 0.481 e. The van der Waals surface area contributed by atoms with E-state index in [0.29, 0.717) is 12.8 Å². The third-order valence-electron chi connectivity index (χ3n) is 3.22. The van der Waals surface area contributed by atoms with Crippen LogP contribution in [0.3, 0.4) is 0 Å². The highest BCUT2D eigenvalue weighted by Gasteiger charge is 2.36. The second-order valence-electron chi connectivity index (χ2n) is 4.86. The molecule has 0 heterocycles. The van der Waals surface area contributed by atoms with Crippen molar-refractivity contribution < 1.29 is 19.4 Å². The van der Waals surface area contributed by atoms with Crippen LogP contribution in [0.1, 0.15) is 37.7 Å². The normalized spacial score (nSPS) is 16.0. The van der Waals surface area contributed by atoms with Gasteiger partial charge in [0.25, 0.3) is 0 Å². The van der Waals surface area contributed by atoms with Gasteiger partial charge in [0, 0.05) is 5.56 Å². The van der Waals surface area contributed by atoms with Gasteiger partial charge in [-0.3, -0.25) is 9.59 Å². The van der Waals surface area contributed by atoms with Gasteiger partial charge in [-0.1, -0.05) is 24.1 Å². The zero-order valence-electron chi connectivity index (χ0n) is 11.1. The lowest BCUT2D eigenvalue weighted by Crippen LogP contribution is -2.31. The number of carbonyl (C=O) groups excluding carboxylic acids is 1. The quantitative estimate of drug-likeness (QED) is 0.521. The maximum Gasteiger partial charge on any atom is 0.318 e. The van der Waals surface area contributed by atoms with Crippen LogP contribution in [0, 0.1) is 11.8 Å². The van der Waals surface area contributed by atoms with Gasteiger partial charge in [0.2, 0.25) is 0 Å². The van der Waals surface area contributed by atoms with Gasteiger partial charge in [0.1, 0.15) is 6.42 Å². The SMILES string of the molecule is O=C(O)CC(=O)OC1(C#Cc2ccccc2)CCCC1. The van der Waals surface area contributed by atoms with Gasteiger partial charge in [-0.25, -0.2) is 0 Å². The number of rotatable bonds is 3. The molecule has 1 saturated carbocycles. The van der Waals surface area contributed by atoms with E-state index in [2.05, 4.69) is 11.8 Å². The third kappa shape index (κ3) is 3.86. The molecule has 0 aliphatic heterocycles. The molecular formula is C16H16O4. The Labute approximate surface area is 117 Å². The van der Waals surface area contributed by atoms with Gasteiger partial charge in [-0.15, -0.1) is 0 Å². The summed E-state index contributed by atoms with van der Waals surface area (Å²) in [7, 11) is 0. The molecule has 1 aliphatic carbocycles. The standard InChI is InChI=1S/C16H16O4/c17-14(18)12-15(19)20-16(9-4-5-10-16)11-8-13-6-2-1-3-7-13/h1-3,6-7H,4-5,9-10,12H2,(H,17,18). The maximum absolute atomic E-state index is 11.6. The zero-order valence-corrected chi connectivity index (χ0v) is 11.1. The fourth-order valence-electron chi connectivity index (χ4n) is 2.28. The Bertz CT molecular complexity index is 545. The van der Waals surface area contributed by atoms with Crippen molar-refractivity contribution in [1.82, 2.24) is 0 Å². The van der Waals surface area contributed by atoms with Crippen LogP contribution < -0.4 is 0 Å². The van der Waals surface area contributed by atoms with E-state index in [1.807, 2.05) is 30.3 Å². The van der Waals surface area contributed by atoms with Crippen molar-refractivity contribution in [2.24, 2.45) is 0 Å². The molecule has 1 fully saturated rings. The molecule has 104 valence electrons. The molecule has 0 amide bonds. The van der Waals surface area contributed by atoms with Crippen molar-refractivity contribution in [1.29, 1.82) is 0 Å². The molecule has 4 heteroatoms. The average molecular weight is 272 g/mol. The number of ether oxygens (including phenoxy) is 1. The van der Waals surface area contributed by atoms with E-state index in [0.717, 1.165) is 18.4 Å². The highest BCUT2D eigenvalue weighted by Crippen LogP contribution is 2.33. The number of benzene rings is 1. The van der Waals surface area contributed by atoms with Crippen LogP contribution in [-0.4, -0.2) is 22.6 Å². The first-order valence-corrected chi connectivity index (χ1v) is 6.62. The topological polar surface area (TPSA) is 63.6 Å². The molecule has 0 atom stereocenters. The van der Waals surface area contributed by atoms with Crippen molar-refractivity contribution in [3.63, 3.8) is 0 Å². The summed E-state index contributed by atoms with van der Waals surface area (Å²) in [4.78, 5) is 22.1. The molecule has 2 rings (SSSR count). The van der Waals surface area contributed by atoms with Gasteiger partial charge in [-0.05, 0) is 43.7 Å². The van der Waals surface area contributed by atoms with Gasteiger partial charge < -0.3 is 9.84 Å². The Morgan fingerprint density at radius 3 is 2.45 bits per heavy atom. The Morgan fingerprint density at radius 2 is 1.85 bits per heavy atom. The van der Waals surface area contributed by atoms with Crippen molar-refractivity contribution in [3.8, 4) is 11.8 Å². The summed E-state index contributed by atoms with van der Waals surface area (Å²) in [5, 5.41) is 8.61. The summed E-state index contributed by atoms with van der Waals surface area (Å²) < 4.78 is 5.34. The van der Waals surface area contributed by atoms with E-state index in [1.165, 1.54) is 0 Å². The molecule has 1 N–H and O–H groups in total. The van der Waals surface area contributed by atoms with E-state index in [9.17, 15) is 9.59 Å². The number of hydrogen-bond donors (Lipinski definition) is 1. The third-order valence-corrected chi connectivity index (χ3v) is 3.22. The minimum Gasteiger partial charge on any atom is -0.481 e. The average Bonchev–Trinajstić information content (AvgIpc) is 2.85. The number of carbonyl (C=O) groups is 2. The predicted octanol–water partition coefficient (Wildman–Crippen LogP) is 2.37. The van der Waals surface area contributed by atoms with Crippen LogP contribution in [0.25, 0.3) is 0 Å². The molecular weight excluding hydrogens is 256 g/mol. The van der Waals surface area contributed by atoms with Gasteiger partial charge in [0.05, 0.1) is 0 Å². The molecule has 1 aromatic rings. The zero-order chi connectivity index (χ0) is 14.4. The second kappa shape index (κ2) is 6.25. The smallest absolute Gasteiger partial charge is 0.318 e. The van der Waals surface area contributed by atoms with Crippen molar-refractivity contribution in [2.45, 2.75) is 37.7 Å². The molecule has 1 aromatic carbocycles. The molecule has 0 spiro atoms. The molecule has 0 saturated heterocycles. The summed E-state index contributed by atoms with van der Waals surface area (Å²) in [6, 6.07) is 9.45. The summed E-state index contributed by atoms with van der Waals surface area (Å²) in [6.07, 6.45) is 2.58. The predicted molar refractivity (Wildman–Crippen MR) is 72.9 cm³/mol. The molecule has 1 aliphatic rings. The summed E-state index contributed by atoms with van der Waals surface area (Å²) in [5.41, 5.74) is 0.0376. The van der Waals surface area contributed by atoms with Crippen molar-refractivity contribution in [3.05, 3.63) is 35.9 Å². The molecule has 0 aromatic heterocycles. The highest BCUT2D eigenvalue weighted by atomic mass is 16.6. The van der Waals surface area contributed by atoms with Crippen LogP contribution in [0.15, 0.2) is 30.3 Å². The first kappa shape index (κ1) is 14.1. The van der Waals surface area contributed by atoms with E-state index in [4.69, 9.17) is 9.84 Å². The number of esters is 1. The van der Waals surface area contributed by atoms with Crippen LogP contribution in [0.5, 0.6) is 0 Å². The van der Waals surface area contributed by atoms with E-state index in [1.54, 1.807) is 0 Å². The lowest BCUT2D eigenvalue weighted by atomic mass is 10.0. The summed E-state index contributed by atoms with van der Waals surface area (Å²) >= 11 is 0. The fourth-order valence-corrected chi connectivity index (χ4v) is 2.28. The lowest BCUT2D eigenvalue weighted by Gasteiger charge is -2.22.